The number of fused-ring (bicyclic) bond motifs is 1. The molecule has 0 aromatic heterocycles. The number of hydrogen-bond acceptors (Lipinski definition) is 5. The molecule has 2 atom stereocenters. The molecule has 0 unspecified atom stereocenters. The fraction of sp³-hybridized carbons (Fsp3) is 0.750. The molecule has 3 aliphatic heterocycles. The van der Waals surface area contributed by atoms with E-state index in [9.17, 15) is 5.11 Å². The minimum absolute atomic E-state index is 0.0533. The van der Waals surface area contributed by atoms with Crippen LogP contribution in [-0.2, 0) is 17.8 Å². The number of benzene rings is 1. The van der Waals surface area contributed by atoms with Crippen molar-refractivity contribution in [2.24, 2.45) is 11.3 Å². The van der Waals surface area contributed by atoms with Crippen molar-refractivity contribution in [2.45, 2.75) is 40.3 Å². The van der Waals surface area contributed by atoms with Gasteiger partial charge in [0.2, 0.25) is 0 Å². The van der Waals surface area contributed by atoms with Gasteiger partial charge in [0.1, 0.15) is 0 Å². The van der Waals surface area contributed by atoms with Gasteiger partial charge < -0.3 is 14.7 Å². The maximum absolute atomic E-state index is 10.1. The molecule has 1 aromatic rings. The number of ether oxygens (including phenoxy) is 1. The highest BCUT2D eigenvalue weighted by atomic mass is 16.5. The van der Waals surface area contributed by atoms with Gasteiger partial charge in [0, 0.05) is 70.3 Å². The molecule has 0 spiro atoms. The smallest absolute Gasteiger partial charge is 0.0513 e. The Morgan fingerprint density at radius 3 is 2.31 bits per heavy atom. The van der Waals surface area contributed by atoms with Crippen molar-refractivity contribution in [1.82, 2.24) is 14.7 Å². The maximum atomic E-state index is 10.1. The Labute approximate surface area is 176 Å². The first-order valence-electron chi connectivity index (χ1n) is 11.5. The van der Waals surface area contributed by atoms with E-state index in [1.54, 1.807) is 0 Å². The molecule has 3 saturated heterocycles. The van der Waals surface area contributed by atoms with Crippen molar-refractivity contribution in [3.8, 4) is 0 Å². The van der Waals surface area contributed by atoms with Crippen LogP contribution in [-0.4, -0.2) is 85.4 Å². The van der Waals surface area contributed by atoms with Gasteiger partial charge in [-0.3, -0.25) is 9.80 Å². The van der Waals surface area contributed by atoms with Crippen molar-refractivity contribution >= 4 is 0 Å². The molecule has 5 heteroatoms. The standard InChI is InChI=1S/C24H39N3O2/c1-4-25-6-8-26(9-7-25)13-21-11-19(2)12-22(20(21)3)14-27-15-23-16-29-10-5-24(23,17-27)18-28/h11-12,23,28H,4-10,13-18H2,1-3H3/t23-,24-/m1/s1. The molecule has 5 nitrogen and oxygen atoms in total. The number of aliphatic hydroxyl groups is 1. The largest absolute Gasteiger partial charge is 0.396 e. The molecule has 0 aliphatic carbocycles. The monoisotopic (exact) mass is 401 g/mol. The number of likely N-dealkylation sites (tertiary alicyclic amines) is 1. The number of piperazine rings is 1. The first kappa shape index (κ1) is 21.3. The second kappa shape index (κ2) is 9.03. The van der Waals surface area contributed by atoms with Gasteiger partial charge in [-0.05, 0) is 43.5 Å². The van der Waals surface area contributed by atoms with Crippen LogP contribution in [0.25, 0.3) is 0 Å². The minimum Gasteiger partial charge on any atom is -0.396 e. The average molecular weight is 402 g/mol. The summed E-state index contributed by atoms with van der Waals surface area (Å²) in [7, 11) is 0. The Morgan fingerprint density at radius 1 is 1.03 bits per heavy atom. The molecule has 3 aliphatic rings. The molecule has 3 fully saturated rings. The zero-order valence-corrected chi connectivity index (χ0v) is 18.6. The van der Waals surface area contributed by atoms with E-state index in [1.807, 2.05) is 0 Å². The third-order valence-corrected chi connectivity index (χ3v) is 7.73. The van der Waals surface area contributed by atoms with E-state index in [2.05, 4.69) is 47.6 Å². The van der Waals surface area contributed by atoms with Gasteiger partial charge in [0.15, 0.2) is 0 Å². The predicted octanol–water partition coefficient (Wildman–Crippen LogP) is 2.27. The summed E-state index contributed by atoms with van der Waals surface area (Å²) in [4.78, 5) is 7.71. The van der Waals surface area contributed by atoms with Crippen molar-refractivity contribution in [3.63, 3.8) is 0 Å². The van der Waals surface area contributed by atoms with Crippen LogP contribution in [0.3, 0.4) is 0 Å². The van der Waals surface area contributed by atoms with Crippen molar-refractivity contribution in [1.29, 1.82) is 0 Å². The molecule has 3 heterocycles. The van der Waals surface area contributed by atoms with Gasteiger partial charge in [-0.15, -0.1) is 0 Å². The van der Waals surface area contributed by atoms with E-state index >= 15 is 0 Å². The Hall–Kier alpha value is -0.980. The lowest BCUT2D eigenvalue weighted by atomic mass is 9.75. The van der Waals surface area contributed by atoms with Gasteiger partial charge in [-0.2, -0.15) is 0 Å². The highest BCUT2D eigenvalue weighted by molar-refractivity contribution is 5.38. The molecule has 29 heavy (non-hydrogen) atoms. The van der Waals surface area contributed by atoms with Gasteiger partial charge in [-0.25, -0.2) is 0 Å². The van der Waals surface area contributed by atoms with Gasteiger partial charge in [-0.1, -0.05) is 24.6 Å². The topological polar surface area (TPSA) is 39.2 Å². The SMILES string of the molecule is CCN1CCN(Cc2cc(C)cc(CN3C[C@@H]4COCC[C@]4(CO)C3)c2C)CC1. The lowest BCUT2D eigenvalue weighted by Crippen LogP contribution is -2.45. The van der Waals surface area contributed by atoms with E-state index in [0.717, 1.165) is 45.8 Å². The fourth-order valence-electron chi connectivity index (χ4n) is 5.62. The summed E-state index contributed by atoms with van der Waals surface area (Å²) in [6, 6.07) is 4.76. The van der Waals surface area contributed by atoms with Crippen LogP contribution in [0.1, 0.15) is 35.6 Å². The summed E-state index contributed by atoms with van der Waals surface area (Å²) in [6.45, 7) is 18.7. The summed E-state index contributed by atoms with van der Waals surface area (Å²) in [5, 5.41) is 10.1. The van der Waals surface area contributed by atoms with Crippen molar-refractivity contribution in [3.05, 3.63) is 34.4 Å². The highest BCUT2D eigenvalue weighted by Gasteiger charge is 2.47. The fourth-order valence-corrected chi connectivity index (χ4v) is 5.62. The molecular formula is C24H39N3O2. The second-order valence-corrected chi connectivity index (χ2v) is 9.63. The van der Waals surface area contributed by atoms with Crippen LogP contribution in [0.4, 0.5) is 0 Å². The first-order valence-corrected chi connectivity index (χ1v) is 11.5. The summed E-state index contributed by atoms with van der Waals surface area (Å²) >= 11 is 0. The van der Waals surface area contributed by atoms with Crippen LogP contribution in [0.15, 0.2) is 12.1 Å². The quantitative estimate of drug-likeness (QED) is 0.792. The Bertz CT molecular complexity index is 702. The number of aliphatic hydroxyl groups excluding tert-OH is 1. The molecule has 1 N–H and O–H groups in total. The van der Waals surface area contributed by atoms with E-state index in [1.165, 1.54) is 55.0 Å². The molecule has 1 aromatic carbocycles. The van der Waals surface area contributed by atoms with Gasteiger partial charge >= 0.3 is 0 Å². The summed E-state index contributed by atoms with van der Waals surface area (Å²) < 4.78 is 5.72. The zero-order valence-electron chi connectivity index (χ0n) is 18.6. The minimum atomic E-state index is 0.0533. The molecule has 0 radical (unpaired) electrons. The van der Waals surface area contributed by atoms with Crippen molar-refractivity contribution < 1.29 is 9.84 Å². The Kier molecular flexibility index (Phi) is 6.62. The predicted molar refractivity (Wildman–Crippen MR) is 117 cm³/mol. The molecule has 4 rings (SSSR count). The zero-order chi connectivity index (χ0) is 20.4. The van der Waals surface area contributed by atoms with E-state index in [4.69, 9.17) is 4.74 Å². The van der Waals surface area contributed by atoms with E-state index < -0.39 is 0 Å². The summed E-state index contributed by atoms with van der Waals surface area (Å²) in [6.07, 6.45) is 0.993. The van der Waals surface area contributed by atoms with Crippen LogP contribution >= 0.6 is 0 Å². The third kappa shape index (κ3) is 4.54. The van der Waals surface area contributed by atoms with Crippen LogP contribution < -0.4 is 0 Å². The molecule has 0 amide bonds. The average Bonchev–Trinajstić information content (AvgIpc) is 3.10. The Morgan fingerprint density at radius 2 is 1.69 bits per heavy atom. The molecular weight excluding hydrogens is 362 g/mol. The lowest BCUT2D eigenvalue weighted by molar-refractivity contribution is -0.0417. The van der Waals surface area contributed by atoms with Crippen LogP contribution in [0.2, 0.25) is 0 Å². The molecule has 162 valence electrons. The summed E-state index contributed by atoms with van der Waals surface area (Å²) in [5.41, 5.74) is 5.82. The highest BCUT2D eigenvalue weighted by Crippen LogP contribution is 2.42. The van der Waals surface area contributed by atoms with Crippen LogP contribution in [0.5, 0.6) is 0 Å². The normalized spacial score (nSPS) is 29.3. The first-order chi connectivity index (χ1) is 14.0. The number of aryl methyl sites for hydroxylation is 1. The lowest BCUT2D eigenvalue weighted by Gasteiger charge is -2.36. The Balaban J connectivity index is 1.45. The van der Waals surface area contributed by atoms with E-state index in [-0.39, 0.29) is 5.41 Å². The second-order valence-electron chi connectivity index (χ2n) is 9.63. The molecule has 0 saturated carbocycles. The van der Waals surface area contributed by atoms with E-state index in [0.29, 0.717) is 12.5 Å². The number of rotatable bonds is 6. The maximum Gasteiger partial charge on any atom is 0.0513 e. The van der Waals surface area contributed by atoms with Crippen molar-refractivity contribution in [2.75, 3.05) is 65.6 Å². The summed E-state index contributed by atoms with van der Waals surface area (Å²) in [5.74, 6) is 0.473. The molecule has 0 bridgehead atoms. The number of likely N-dealkylation sites (N-methyl/N-ethyl adjacent to an activating group) is 1. The number of nitrogens with zero attached hydrogens (tertiary/aromatic N) is 3. The van der Waals surface area contributed by atoms with Gasteiger partial charge in [0.05, 0.1) is 13.2 Å². The number of hydrogen-bond donors (Lipinski definition) is 1. The van der Waals surface area contributed by atoms with Gasteiger partial charge in [0.25, 0.3) is 0 Å². The third-order valence-electron chi connectivity index (χ3n) is 7.73. The van der Waals surface area contributed by atoms with Crippen LogP contribution in [0, 0.1) is 25.2 Å².